The fraction of sp³-hybridized carbons (Fsp3) is 0. The standard InChI is InChI=1S/C14H10O2Se2/c15-9-11-5-1-3-7-13(11)17-18-14-8-4-2-6-12(14)10-16/h1-10H. The van der Waals surface area contributed by atoms with Crippen molar-refractivity contribution in [2.45, 2.75) is 0 Å². The Kier molecular flexibility index (Phi) is 4.91. The van der Waals surface area contributed by atoms with Crippen LogP contribution in [0.25, 0.3) is 0 Å². The summed E-state index contributed by atoms with van der Waals surface area (Å²) in [7, 11) is 0. The third kappa shape index (κ3) is 3.18. The SMILES string of the molecule is O=Cc1ccccc1[Se][Se]c1ccccc1C=O. The molecule has 0 N–H and O–H groups in total. The van der Waals surface area contributed by atoms with E-state index in [1.165, 1.54) is 0 Å². The van der Waals surface area contributed by atoms with Gasteiger partial charge in [0.05, 0.1) is 0 Å². The first-order valence-electron chi connectivity index (χ1n) is 5.28. The van der Waals surface area contributed by atoms with Crippen LogP contribution >= 0.6 is 0 Å². The van der Waals surface area contributed by atoms with E-state index in [0.717, 1.165) is 32.6 Å². The summed E-state index contributed by atoms with van der Waals surface area (Å²) in [6.07, 6.45) is 1.80. The molecule has 2 rings (SSSR count). The molecule has 0 radical (unpaired) electrons. The van der Waals surface area contributed by atoms with Crippen molar-refractivity contribution >= 4 is 47.8 Å². The van der Waals surface area contributed by atoms with Crippen molar-refractivity contribution in [1.29, 1.82) is 0 Å². The van der Waals surface area contributed by atoms with Crippen molar-refractivity contribution in [2.75, 3.05) is 0 Å². The molecule has 0 unspecified atom stereocenters. The number of aldehydes is 2. The molecule has 4 heteroatoms. The molecule has 0 heterocycles. The van der Waals surface area contributed by atoms with Gasteiger partial charge in [-0.15, -0.1) is 0 Å². The van der Waals surface area contributed by atoms with Crippen LogP contribution in [0.15, 0.2) is 48.5 Å². The molecule has 0 fully saturated rings. The molecule has 90 valence electrons. The van der Waals surface area contributed by atoms with E-state index in [1.807, 2.05) is 48.5 Å². The molecule has 0 aliphatic heterocycles. The molecule has 18 heavy (non-hydrogen) atoms. The van der Waals surface area contributed by atoms with Crippen molar-refractivity contribution in [3.05, 3.63) is 59.7 Å². The van der Waals surface area contributed by atoms with E-state index in [4.69, 9.17) is 0 Å². The van der Waals surface area contributed by atoms with E-state index < -0.39 is 0 Å². The monoisotopic (exact) mass is 370 g/mol. The van der Waals surface area contributed by atoms with E-state index >= 15 is 0 Å². The van der Waals surface area contributed by atoms with Gasteiger partial charge in [-0.2, -0.15) is 0 Å². The minimum absolute atomic E-state index is 0.226. The van der Waals surface area contributed by atoms with E-state index in [9.17, 15) is 9.59 Å². The molecule has 0 atom stereocenters. The Morgan fingerprint density at radius 1 is 0.667 bits per heavy atom. The molecule has 0 amide bonds. The quantitative estimate of drug-likeness (QED) is 0.572. The maximum atomic E-state index is 10.9. The van der Waals surface area contributed by atoms with Crippen LogP contribution in [0.4, 0.5) is 0 Å². The first-order valence-corrected chi connectivity index (χ1v) is 11.3. The minimum atomic E-state index is 0.226. The molecular weight excluding hydrogens is 358 g/mol. The predicted octanol–water partition coefficient (Wildman–Crippen LogP) is 0.586. The number of hydrogen-bond donors (Lipinski definition) is 0. The second-order valence-electron chi connectivity index (χ2n) is 3.48. The Morgan fingerprint density at radius 3 is 1.44 bits per heavy atom. The van der Waals surface area contributed by atoms with Gasteiger partial charge in [0.1, 0.15) is 0 Å². The summed E-state index contributed by atoms with van der Waals surface area (Å²) in [5.74, 6) is 0. The third-order valence-corrected chi connectivity index (χ3v) is 9.63. The maximum absolute atomic E-state index is 10.9. The van der Waals surface area contributed by atoms with E-state index in [-0.39, 0.29) is 26.3 Å². The topological polar surface area (TPSA) is 34.1 Å². The summed E-state index contributed by atoms with van der Waals surface area (Å²) in [4.78, 5) is 21.8. The Balaban J connectivity index is 2.16. The van der Waals surface area contributed by atoms with E-state index in [0.29, 0.717) is 0 Å². The van der Waals surface area contributed by atoms with Gasteiger partial charge in [-0.05, 0) is 0 Å². The zero-order valence-electron chi connectivity index (χ0n) is 9.41. The normalized spacial score (nSPS) is 10.0. The second kappa shape index (κ2) is 6.67. The Bertz CT molecular complexity index is 516. The van der Waals surface area contributed by atoms with Gasteiger partial charge in [0, 0.05) is 0 Å². The molecule has 0 saturated heterocycles. The molecular formula is C14H10O2Se2. The summed E-state index contributed by atoms with van der Waals surface area (Å²) >= 11 is 0.452. The van der Waals surface area contributed by atoms with Crippen LogP contribution in [0.3, 0.4) is 0 Å². The van der Waals surface area contributed by atoms with Gasteiger partial charge in [0.2, 0.25) is 0 Å². The summed E-state index contributed by atoms with van der Waals surface area (Å²) in [6.45, 7) is 0. The Labute approximate surface area is 117 Å². The second-order valence-corrected chi connectivity index (χ2v) is 9.66. The van der Waals surface area contributed by atoms with Gasteiger partial charge in [-0.3, -0.25) is 0 Å². The first-order chi connectivity index (χ1) is 8.85. The van der Waals surface area contributed by atoms with Crippen molar-refractivity contribution in [1.82, 2.24) is 0 Å². The molecule has 0 aromatic heterocycles. The summed E-state index contributed by atoms with van der Waals surface area (Å²) in [5, 5.41) is 0. The molecule has 0 aliphatic rings. The molecule has 2 aromatic carbocycles. The number of carbonyl (C=O) groups is 2. The van der Waals surface area contributed by atoms with E-state index in [1.54, 1.807) is 0 Å². The van der Waals surface area contributed by atoms with Gasteiger partial charge in [-0.25, -0.2) is 0 Å². The zero-order chi connectivity index (χ0) is 12.8. The van der Waals surface area contributed by atoms with Crippen molar-refractivity contribution in [3.8, 4) is 0 Å². The molecule has 0 bridgehead atoms. The average molecular weight is 368 g/mol. The Hall–Kier alpha value is -1.18. The van der Waals surface area contributed by atoms with Gasteiger partial charge < -0.3 is 0 Å². The van der Waals surface area contributed by atoms with Crippen LogP contribution in [0.5, 0.6) is 0 Å². The van der Waals surface area contributed by atoms with Crippen molar-refractivity contribution in [3.63, 3.8) is 0 Å². The summed E-state index contributed by atoms with van der Waals surface area (Å²) in [6, 6.07) is 15.3. The predicted molar refractivity (Wildman–Crippen MR) is 74.4 cm³/mol. The van der Waals surface area contributed by atoms with Gasteiger partial charge in [0.25, 0.3) is 0 Å². The van der Waals surface area contributed by atoms with Crippen LogP contribution in [-0.4, -0.2) is 38.8 Å². The van der Waals surface area contributed by atoms with Crippen LogP contribution in [-0.2, 0) is 0 Å². The molecule has 2 nitrogen and oxygen atoms in total. The van der Waals surface area contributed by atoms with Crippen LogP contribution < -0.4 is 8.92 Å². The first kappa shape index (κ1) is 13.3. The summed E-state index contributed by atoms with van der Waals surface area (Å²) < 4.78 is 2.22. The zero-order valence-corrected chi connectivity index (χ0v) is 12.8. The van der Waals surface area contributed by atoms with Crippen molar-refractivity contribution in [2.24, 2.45) is 0 Å². The number of carbonyl (C=O) groups excluding carboxylic acids is 2. The fourth-order valence-electron chi connectivity index (χ4n) is 1.40. The Morgan fingerprint density at radius 2 is 1.06 bits per heavy atom. The third-order valence-electron chi connectivity index (χ3n) is 2.31. The van der Waals surface area contributed by atoms with Crippen LogP contribution in [0, 0.1) is 0 Å². The fourth-order valence-corrected chi connectivity index (χ4v) is 8.49. The van der Waals surface area contributed by atoms with Gasteiger partial charge >= 0.3 is 117 Å². The van der Waals surface area contributed by atoms with E-state index in [2.05, 4.69) is 0 Å². The van der Waals surface area contributed by atoms with Gasteiger partial charge in [0.15, 0.2) is 0 Å². The van der Waals surface area contributed by atoms with Crippen LogP contribution in [0.1, 0.15) is 20.7 Å². The molecule has 0 saturated carbocycles. The number of rotatable bonds is 5. The number of benzene rings is 2. The molecule has 2 aromatic rings. The van der Waals surface area contributed by atoms with Crippen molar-refractivity contribution < 1.29 is 9.59 Å². The van der Waals surface area contributed by atoms with Gasteiger partial charge in [-0.1, -0.05) is 0 Å². The molecule has 0 aliphatic carbocycles. The average Bonchev–Trinajstić information content (AvgIpc) is 2.45. The molecule has 0 spiro atoms. The van der Waals surface area contributed by atoms with Crippen LogP contribution in [0.2, 0.25) is 0 Å². The number of hydrogen-bond acceptors (Lipinski definition) is 2. The summed E-state index contributed by atoms with van der Waals surface area (Å²) in [5.41, 5.74) is 1.53.